The van der Waals surface area contributed by atoms with Gasteiger partial charge in [-0.3, -0.25) is 4.79 Å². The molecule has 4 heteroatoms. The van der Waals surface area contributed by atoms with Crippen LogP contribution < -0.4 is 5.73 Å². The summed E-state index contributed by atoms with van der Waals surface area (Å²) in [4.78, 5) is 15.7. The molecule has 2 rings (SSSR count). The van der Waals surface area contributed by atoms with Crippen molar-refractivity contribution in [1.29, 1.82) is 0 Å². The van der Waals surface area contributed by atoms with E-state index in [1.807, 2.05) is 32.2 Å². The van der Waals surface area contributed by atoms with Gasteiger partial charge in [-0.1, -0.05) is 30.3 Å². The smallest absolute Gasteiger partial charge is 0.263 e. The molecule has 0 aliphatic heterocycles. The molecule has 2 N–H and O–H groups in total. The van der Waals surface area contributed by atoms with E-state index in [1.165, 1.54) is 16.9 Å². The topological polar surface area (TPSA) is 46.3 Å². The first-order chi connectivity index (χ1) is 9.58. The quantitative estimate of drug-likeness (QED) is 0.917. The molecule has 106 valence electrons. The first-order valence-electron chi connectivity index (χ1n) is 6.73. The van der Waals surface area contributed by atoms with E-state index in [2.05, 4.69) is 12.1 Å². The second-order valence-corrected chi connectivity index (χ2v) is 6.19. The maximum Gasteiger partial charge on any atom is 0.263 e. The summed E-state index contributed by atoms with van der Waals surface area (Å²) in [6.07, 6.45) is 1.95. The number of benzene rings is 1. The van der Waals surface area contributed by atoms with Gasteiger partial charge in [0.05, 0.1) is 4.88 Å². The molecule has 0 aliphatic carbocycles. The summed E-state index contributed by atoms with van der Waals surface area (Å²) in [6.45, 7) is 2.69. The fourth-order valence-electron chi connectivity index (χ4n) is 2.06. The summed E-state index contributed by atoms with van der Waals surface area (Å²) in [7, 11) is 1.85. The Kier molecular flexibility index (Phi) is 4.79. The summed E-state index contributed by atoms with van der Waals surface area (Å²) in [6, 6.07) is 12.1. The van der Waals surface area contributed by atoms with Crippen molar-refractivity contribution in [3.63, 3.8) is 0 Å². The number of aryl methyl sites for hydroxylation is 2. The number of hydrogen-bond acceptors (Lipinski definition) is 3. The van der Waals surface area contributed by atoms with Gasteiger partial charge in [0, 0.05) is 24.2 Å². The number of thiophene rings is 1. The Morgan fingerprint density at radius 2 is 2.00 bits per heavy atom. The van der Waals surface area contributed by atoms with Gasteiger partial charge < -0.3 is 10.6 Å². The minimum absolute atomic E-state index is 0.0582. The van der Waals surface area contributed by atoms with Crippen LogP contribution in [0.15, 0.2) is 36.4 Å². The lowest BCUT2D eigenvalue weighted by Gasteiger charge is -2.16. The number of nitrogen functional groups attached to an aromatic ring is 1. The van der Waals surface area contributed by atoms with Crippen molar-refractivity contribution >= 4 is 22.9 Å². The van der Waals surface area contributed by atoms with E-state index in [9.17, 15) is 4.79 Å². The van der Waals surface area contributed by atoms with Crippen LogP contribution in [-0.2, 0) is 6.42 Å². The molecule has 0 aliphatic rings. The van der Waals surface area contributed by atoms with Crippen LogP contribution in [0.4, 0.5) is 5.69 Å². The van der Waals surface area contributed by atoms with Crippen LogP contribution in [0.1, 0.15) is 26.5 Å². The fourth-order valence-corrected chi connectivity index (χ4v) is 2.99. The van der Waals surface area contributed by atoms with Crippen LogP contribution >= 0.6 is 11.3 Å². The zero-order valence-corrected chi connectivity index (χ0v) is 12.7. The van der Waals surface area contributed by atoms with Crippen molar-refractivity contribution < 1.29 is 4.79 Å². The van der Waals surface area contributed by atoms with Crippen molar-refractivity contribution in [3.8, 4) is 0 Å². The maximum atomic E-state index is 12.2. The number of amides is 1. The molecular weight excluding hydrogens is 268 g/mol. The average Bonchev–Trinajstić information content (AvgIpc) is 2.79. The third-order valence-corrected chi connectivity index (χ3v) is 4.37. The number of nitrogens with zero attached hydrogens (tertiary/aromatic N) is 1. The molecule has 1 aromatic carbocycles. The van der Waals surface area contributed by atoms with Gasteiger partial charge in [0.1, 0.15) is 0 Å². The minimum Gasteiger partial charge on any atom is -0.398 e. The maximum absolute atomic E-state index is 12.2. The number of nitrogens with two attached hydrogens (primary N) is 1. The van der Waals surface area contributed by atoms with Crippen LogP contribution in [0.5, 0.6) is 0 Å². The standard InChI is InChI=1S/C16H20N2OS/c1-12-14(17)11-15(20-12)16(19)18(2)10-6-9-13-7-4-3-5-8-13/h3-5,7-8,11H,6,9-10,17H2,1-2H3. The molecule has 0 fully saturated rings. The lowest BCUT2D eigenvalue weighted by molar-refractivity contribution is 0.0798. The SMILES string of the molecule is Cc1sc(C(=O)N(C)CCCc2ccccc2)cc1N. The van der Waals surface area contributed by atoms with Crippen LogP contribution in [-0.4, -0.2) is 24.4 Å². The van der Waals surface area contributed by atoms with Crippen molar-refractivity contribution in [2.45, 2.75) is 19.8 Å². The van der Waals surface area contributed by atoms with Crippen molar-refractivity contribution in [1.82, 2.24) is 4.90 Å². The second-order valence-electron chi connectivity index (χ2n) is 4.94. The highest BCUT2D eigenvalue weighted by Gasteiger charge is 2.15. The molecule has 1 heterocycles. The Hall–Kier alpha value is -1.81. The summed E-state index contributed by atoms with van der Waals surface area (Å²) in [5.74, 6) is 0.0582. The number of carbonyl (C=O) groups is 1. The molecular formula is C16H20N2OS. The molecule has 0 saturated carbocycles. The van der Waals surface area contributed by atoms with Crippen LogP contribution in [0.3, 0.4) is 0 Å². The van der Waals surface area contributed by atoms with Gasteiger partial charge in [0.15, 0.2) is 0 Å². The third kappa shape index (κ3) is 3.61. The molecule has 20 heavy (non-hydrogen) atoms. The van der Waals surface area contributed by atoms with Crippen molar-refractivity contribution in [2.75, 3.05) is 19.3 Å². The van der Waals surface area contributed by atoms with Gasteiger partial charge in [0.2, 0.25) is 0 Å². The largest absolute Gasteiger partial charge is 0.398 e. The Morgan fingerprint density at radius 1 is 1.30 bits per heavy atom. The molecule has 1 aromatic heterocycles. The predicted molar refractivity (Wildman–Crippen MR) is 85.2 cm³/mol. The van der Waals surface area contributed by atoms with E-state index < -0.39 is 0 Å². The average molecular weight is 288 g/mol. The molecule has 0 spiro atoms. The van der Waals surface area contributed by atoms with Gasteiger partial charge in [-0.25, -0.2) is 0 Å². The highest BCUT2D eigenvalue weighted by Crippen LogP contribution is 2.24. The Balaban J connectivity index is 1.85. The van der Waals surface area contributed by atoms with E-state index >= 15 is 0 Å². The molecule has 3 nitrogen and oxygen atoms in total. The minimum atomic E-state index is 0.0582. The second kappa shape index (κ2) is 6.57. The zero-order chi connectivity index (χ0) is 14.5. The lowest BCUT2D eigenvalue weighted by atomic mass is 10.1. The first-order valence-corrected chi connectivity index (χ1v) is 7.55. The number of hydrogen-bond donors (Lipinski definition) is 1. The molecule has 0 atom stereocenters. The Labute approximate surface area is 124 Å². The van der Waals surface area contributed by atoms with Gasteiger partial charge in [0.25, 0.3) is 5.91 Å². The van der Waals surface area contributed by atoms with E-state index in [1.54, 1.807) is 11.0 Å². The lowest BCUT2D eigenvalue weighted by Crippen LogP contribution is -2.27. The van der Waals surface area contributed by atoms with E-state index in [0.29, 0.717) is 5.69 Å². The van der Waals surface area contributed by atoms with Gasteiger partial charge >= 0.3 is 0 Å². The van der Waals surface area contributed by atoms with Crippen LogP contribution in [0.2, 0.25) is 0 Å². The van der Waals surface area contributed by atoms with E-state index in [0.717, 1.165) is 29.1 Å². The highest BCUT2D eigenvalue weighted by atomic mass is 32.1. The summed E-state index contributed by atoms with van der Waals surface area (Å²) < 4.78 is 0. The molecule has 0 radical (unpaired) electrons. The summed E-state index contributed by atoms with van der Waals surface area (Å²) >= 11 is 1.46. The van der Waals surface area contributed by atoms with Crippen LogP contribution in [0, 0.1) is 6.92 Å². The van der Waals surface area contributed by atoms with E-state index in [4.69, 9.17) is 5.73 Å². The normalized spacial score (nSPS) is 10.5. The van der Waals surface area contributed by atoms with Gasteiger partial charge in [-0.2, -0.15) is 0 Å². The number of carbonyl (C=O) groups excluding carboxylic acids is 1. The first kappa shape index (κ1) is 14.6. The molecule has 0 saturated heterocycles. The predicted octanol–water partition coefficient (Wildman–Crippen LogP) is 3.34. The van der Waals surface area contributed by atoms with Gasteiger partial charge in [-0.15, -0.1) is 11.3 Å². The Morgan fingerprint density at radius 3 is 2.60 bits per heavy atom. The number of anilines is 1. The molecule has 2 aromatic rings. The molecule has 1 amide bonds. The highest BCUT2D eigenvalue weighted by molar-refractivity contribution is 7.14. The van der Waals surface area contributed by atoms with Crippen molar-refractivity contribution in [2.24, 2.45) is 0 Å². The number of rotatable bonds is 5. The third-order valence-electron chi connectivity index (χ3n) is 3.32. The molecule has 0 unspecified atom stereocenters. The van der Waals surface area contributed by atoms with E-state index in [-0.39, 0.29) is 5.91 Å². The van der Waals surface area contributed by atoms with Crippen LogP contribution in [0.25, 0.3) is 0 Å². The fraction of sp³-hybridized carbons (Fsp3) is 0.312. The Bertz CT molecular complexity index is 558. The summed E-state index contributed by atoms with van der Waals surface area (Å²) in [5.41, 5.74) is 7.81. The van der Waals surface area contributed by atoms with Gasteiger partial charge in [-0.05, 0) is 31.4 Å². The zero-order valence-electron chi connectivity index (χ0n) is 11.9. The monoisotopic (exact) mass is 288 g/mol. The van der Waals surface area contributed by atoms with Crippen molar-refractivity contribution in [3.05, 3.63) is 51.7 Å². The molecule has 0 bridgehead atoms. The summed E-state index contributed by atoms with van der Waals surface area (Å²) in [5, 5.41) is 0.